The van der Waals surface area contributed by atoms with Crippen LogP contribution in [0.15, 0.2) is 36.4 Å². The van der Waals surface area contributed by atoms with Gasteiger partial charge in [0, 0.05) is 38.2 Å². The lowest BCUT2D eigenvalue weighted by Gasteiger charge is -2.27. The number of hydrogen-bond acceptors (Lipinski definition) is 6. The quantitative estimate of drug-likeness (QED) is 0.327. The molecule has 0 aromatic heterocycles. The van der Waals surface area contributed by atoms with Crippen LogP contribution in [0.25, 0.3) is 0 Å². The maximum absolute atomic E-state index is 12.9. The summed E-state index contributed by atoms with van der Waals surface area (Å²) in [6.45, 7) is 0.448. The number of hydrogen-bond donors (Lipinski definition) is 3. The number of ether oxygens (including phenoxy) is 1. The van der Waals surface area contributed by atoms with E-state index in [0.29, 0.717) is 18.6 Å². The van der Waals surface area contributed by atoms with Gasteiger partial charge in [-0.1, -0.05) is 17.9 Å². The summed E-state index contributed by atoms with van der Waals surface area (Å²) in [5.74, 6) is 3.67. The number of carbonyl (C=O) groups is 3. The SMILES string of the molecule is CNC(=O)C(C(=O)NOC1CCCCO1)N(C)C(=O)c1ccc(C#C/C=C/CO)cc1. The molecule has 2 rings (SSSR count). The van der Waals surface area contributed by atoms with Crippen LogP contribution in [0.3, 0.4) is 0 Å². The van der Waals surface area contributed by atoms with Gasteiger partial charge < -0.3 is 20.1 Å². The number of benzene rings is 1. The van der Waals surface area contributed by atoms with Gasteiger partial charge in [-0.2, -0.15) is 0 Å². The normalized spacial score (nSPS) is 16.7. The van der Waals surface area contributed by atoms with E-state index < -0.39 is 30.1 Å². The van der Waals surface area contributed by atoms with Crippen molar-refractivity contribution in [2.24, 2.45) is 0 Å². The van der Waals surface area contributed by atoms with E-state index in [2.05, 4.69) is 22.6 Å². The smallest absolute Gasteiger partial charge is 0.276 e. The number of allylic oxidation sites excluding steroid dienone is 1. The molecule has 3 amide bonds. The molecule has 0 spiro atoms. The molecule has 1 aromatic rings. The second-order valence-corrected chi connectivity index (χ2v) is 6.74. The fraction of sp³-hybridized carbons (Fsp3) is 0.409. The molecule has 1 fully saturated rings. The van der Waals surface area contributed by atoms with Gasteiger partial charge in [0.1, 0.15) is 0 Å². The molecule has 0 radical (unpaired) electrons. The minimum Gasteiger partial charge on any atom is -0.392 e. The molecule has 31 heavy (non-hydrogen) atoms. The summed E-state index contributed by atoms with van der Waals surface area (Å²) >= 11 is 0. The Bertz CT molecular complexity index is 850. The van der Waals surface area contributed by atoms with E-state index >= 15 is 0 Å². The molecule has 9 nitrogen and oxygen atoms in total. The van der Waals surface area contributed by atoms with Crippen molar-refractivity contribution in [3.63, 3.8) is 0 Å². The van der Waals surface area contributed by atoms with Crippen molar-refractivity contribution >= 4 is 17.7 Å². The number of aliphatic hydroxyl groups excluding tert-OH is 1. The van der Waals surface area contributed by atoms with Gasteiger partial charge in [0.2, 0.25) is 0 Å². The Balaban J connectivity index is 2.06. The number of nitrogens with zero attached hydrogens (tertiary/aromatic N) is 1. The summed E-state index contributed by atoms with van der Waals surface area (Å²) < 4.78 is 5.38. The van der Waals surface area contributed by atoms with Gasteiger partial charge in [-0.3, -0.25) is 14.4 Å². The average Bonchev–Trinajstić information content (AvgIpc) is 2.81. The Morgan fingerprint density at radius 1 is 1.29 bits per heavy atom. The van der Waals surface area contributed by atoms with Crippen molar-refractivity contribution in [3.8, 4) is 11.8 Å². The molecule has 1 aliphatic rings. The van der Waals surface area contributed by atoms with Crippen LogP contribution in [0.4, 0.5) is 0 Å². The highest BCUT2D eigenvalue weighted by Crippen LogP contribution is 2.13. The number of nitrogens with one attached hydrogen (secondary N) is 2. The predicted molar refractivity (Wildman–Crippen MR) is 112 cm³/mol. The van der Waals surface area contributed by atoms with Crippen LogP contribution in [0.5, 0.6) is 0 Å². The fourth-order valence-corrected chi connectivity index (χ4v) is 2.84. The van der Waals surface area contributed by atoms with Gasteiger partial charge in [0.05, 0.1) is 6.61 Å². The Morgan fingerprint density at radius 2 is 2.03 bits per heavy atom. The molecule has 2 atom stereocenters. The molecule has 166 valence electrons. The lowest BCUT2D eigenvalue weighted by molar-refractivity contribution is -0.202. The molecule has 1 aromatic carbocycles. The minimum absolute atomic E-state index is 0.0900. The van der Waals surface area contributed by atoms with Crippen molar-refractivity contribution < 1.29 is 29.1 Å². The number of likely N-dealkylation sites (N-methyl/N-ethyl adjacent to an activating group) is 2. The summed E-state index contributed by atoms with van der Waals surface area (Å²) in [4.78, 5) is 44.1. The van der Waals surface area contributed by atoms with E-state index in [4.69, 9.17) is 14.7 Å². The van der Waals surface area contributed by atoms with Crippen LogP contribution >= 0.6 is 0 Å². The number of hydroxylamine groups is 1. The third kappa shape index (κ3) is 7.22. The van der Waals surface area contributed by atoms with E-state index in [9.17, 15) is 14.4 Å². The molecular weight excluding hydrogens is 402 g/mol. The van der Waals surface area contributed by atoms with Crippen LogP contribution in [0.2, 0.25) is 0 Å². The molecule has 9 heteroatoms. The number of aliphatic hydroxyl groups is 1. The third-order valence-electron chi connectivity index (χ3n) is 4.53. The zero-order chi connectivity index (χ0) is 22.6. The largest absolute Gasteiger partial charge is 0.392 e. The van der Waals surface area contributed by atoms with E-state index in [1.165, 1.54) is 26.2 Å². The highest BCUT2D eigenvalue weighted by Gasteiger charge is 2.34. The van der Waals surface area contributed by atoms with Crippen molar-refractivity contribution in [1.82, 2.24) is 15.7 Å². The van der Waals surface area contributed by atoms with Crippen LogP contribution < -0.4 is 10.8 Å². The first-order valence-electron chi connectivity index (χ1n) is 9.91. The lowest BCUT2D eigenvalue weighted by atomic mass is 10.1. The van der Waals surface area contributed by atoms with E-state index in [1.54, 1.807) is 24.3 Å². The van der Waals surface area contributed by atoms with Gasteiger partial charge in [-0.05, 0) is 43.2 Å². The van der Waals surface area contributed by atoms with Gasteiger partial charge in [-0.25, -0.2) is 10.3 Å². The Kier molecular flexibility index (Phi) is 9.71. The minimum atomic E-state index is -1.43. The summed E-state index contributed by atoms with van der Waals surface area (Å²) in [6.07, 6.45) is 4.93. The first kappa shape index (κ1) is 24.1. The van der Waals surface area contributed by atoms with Crippen LogP contribution in [-0.4, -0.2) is 67.4 Å². The maximum Gasteiger partial charge on any atom is 0.276 e. The van der Waals surface area contributed by atoms with Crippen molar-refractivity contribution in [2.75, 3.05) is 27.3 Å². The molecule has 2 unspecified atom stereocenters. The molecule has 3 N–H and O–H groups in total. The van der Waals surface area contributed by atoms with Crippen LogP contribution in [0, 0.1) is 11.8 Å². The first-order chi connectivity index (χ1) is 15.0. The van der Waals surface area contributed by atoms with Gasteiger partial charge in [-0.15, -0.1) is 0 Å². The molecule has 1 saturated heterocycles. The van der Waals surface area contributed by atoms with Crippen molar-refractivity contribution in [3.05, 3.63) is 47.5 Å². The molecule has 1 aliphatic heterocycles. The van der Waals surface area contributed by atoms with Crippen molar-refractivity contribution in [1.29, 1.82) is 0 Å². The number of amides is 3. The highest BCUT2D eigenvalue weighted by molar-refractivity contribution is 6.08. The summed E-state index contributed by atoms with van der Waals surface area (Å²) in [6, 6.07) is 5.00. The Morgan fingerprint density at radius 3 is 2.65 bits per heavy atom. The van der Waals surface area contributed by atoms with E-state index in [1.807, 2.05) is 0 Å². The summed E-state index contributed by atoms with van der Waals surface area (Å²) in [7, 11) is 2.75. The van der Waals surface area contributed by atoms with E-state index in [0.717, 1.165) is 17.7 Å². The van der Waals surface area contributed by atoms with Crippen LogP contribution in [0.1, 0.15) is 35.2 Å². The Hall–Kier alpha value is -3.19. The Labute approximate surface area is 181 Å². The monoisotopic (exact) mass is 429 g/mol. The molecule has 0 saturated carbocycles. The van der Waals surface area contributed by atoms with Gasteiger partial charge in [0.15, 0.2) is 12.3 Å². The zero-order valence-electron chi connectivity index (χ0n) is 17.6. The van der Waals surface area contributed by atoms with Gasteiger partial charge >= 0.3 is 0 Å². The standard InChI is InChI=1S/C22H27N3O6/c1-23-20(27)19(21(28)24-31-18-9-5-7-15-30-18)25(2)22(29)17-12-10-16(11-13-17)8-4-3-6-14-26/h3,6,10-13,18-19,26H,5,7,9,14-15H2,1-2H3,(H,23,27)(H,24,28)/b6-3+. The van der Waals surface area contributed by atoms with E-state index in [-0.39, 0.29) is 12.2 Å². The number of rotatable bonds is 7. The number of carbonyl (C=O) groups excluding carboxylic acids is 3. The topological polar surface area (TPSA) is 117 Å². The average molecular weight is 429 g/mol. The summed E-state index contributed by atoms with van der Waals surface area (Å²) in [5.41, 5.74) is 3.20. The van der Waals surface area contributed by atoms with Crippen molar-refractivity contribution in [2.45, 2.75) is 31.6 Å². The second kappa shape index (κ2) is 12.5. The molecule has 0 bridgehead atoms. The fourth-order valence-electron chi connectivity index (χ4n) is 2.84. The molecule has 0 aliphatic carbocycles. The lowest BCUT2D eigenvalue weighted by Crippen LogP contribution is -2.55. The summed E-state index contributed by atoms with van der Waals surface area (Å²) in [5, 5.41) is 11.1. The van der Waals surface area contributed by atoms with Crippen LogP contribution in [-0.2, 0) is 19.2 Å². The van der Waals surface area contributed by atoms with Gasteiger partial charge in [0.25, 0.3) is 17.7 Å². The molecule has 1 heterocycles. The third-order valence-corrected chi connectivity index (χ3v) is 4.53. The molecular formula is C22H27N3O6. The predicted octanol–water partition coefficient (Wildman–Crippen LogP) is 0.348. The highest BCUT2D eigenvalue weighted by atomic mass is 16.8. The first-order valence-corrected chi connectivity index (χ1v) is 9.91. The second-order valence-electron chi connectivity index (χ2n) is 6.74. The zero-order valence-corrected chi connectivity index (χ0v) is 17.6. The maximum atomic E-state index is 12.9.